The van der Waals surface area contributed by atoms with Crippen LogP contribution in [0, 0.1) is 0 Å². The molecule has 0 saturated carbocycles. The average molecular weight is 368 g/mol. The van der Waals surface area contributed by atoms with Crippen molar-refractivity contribution >= 4 is 33.9 Å². The number of hydrogen-bond acceptors (Lipinski definition) is 4. The van der Waals surface area contributed by atoms with Gasteiger partial charge in [0.05, 0.1) is 11.7 Å². The standard InChI is InChI=1S/C16H22BrN3O2/c1-11(20-15(21)22-16(2,3)4)10-19-14(9-18)12-7-5-6-8-13(12)17/h5-11H,18H2,1-4H3,(H,20,21)/b14-9-,19-10+/t11-/m0/s1. The molecule has 0 bridgehead atoms. The molecule has 5 nitrogen and oxygen atoms in total. The maximum Gasteiger partial charge on any atom is 0.408 e. The summed E-state index contributed by atoms with van der Waals surface area (Å²) in [6.07, 6.45) is 2.56. The van der Waals surface area contributed by atoms with Crippen LogP contribution in [0.3, 0.4) is 0 Å². The normalized spacial score (nSPS) is 14.0. The van der Waals surface area contributed by atoms with E-state index in [2.05, 4.69) is 26.2 Å². The molecule has 0 aliphatic carbocycles. The van der Waals surface area contributed by atoms with Crippen molar-refractivity contribution in [2.75, 3.05) is 0 Å². The third kappa shape index (κ3) is 6.30. The van der Waals surface area contributed by atoms with E-state index in [0.717, 1.165) is 10.0 Å². The molecule has 0 saturated heterocycles. The number of nitrogens with two attached hydrogens (primary N) is 1. The summed E-state index contributed by atoms with van der Waals surface area (Å²) in [4.78, 5) is 16.0. The fourth-order valence-electron chi connectivity index (χ4n) is 1.59. The number of halogens is 1. The van der Waals surface area contributed by atoms with E-state index < -0.39 is 11.7 Å². The van der Waals surface area contributed by atoms with Gasteiger partial charge in [-0.25, -0.2) is 4.79 Å². The number of rotatable bonds is 4. The van der Waals surface area contributed by atoms with Crippen LogP contribution in [-0.2, 0) is 4.74 Å². The molecule has 1 aromatic rings. The largest absolute Gasteiger partial charge is 0.444 e. The van der Waals surface area contributed by atoms with Crippen molar-refractivity contribution < 1.29 is 9.53 Å². The van der Waals surface area contributed by atoms with Crippen LogP contribution < -0.4 is 11.1 Å². The number of nitrogens with zero attached hydrogens (tertiary/aromatic N) is 1. The first kappa shape index (κ1) is 18.2. The first-order valence-electron chi connectivity index (χ1n) is 6.93. The van der Waals surface area contributed by atoms with Gasteiger partial charge in [0.15, 0.2) is 0 Å². The van der Waals surface area contributed by atoms with E-state index in [0.29, 0.717) is 5.70 Å². The summed E-state index contributed by atoms with van der Waals surface area (Å²) in [5, 5.41) is 2.69. The lowest BCUT2D eigenvalue weighted by Gasteiger charge is -2.20. The minimum Gasteiger partial charge on any atom is -0.444 e. The van der Waals surface area contributed by atoms with Gasteiger partial charge in [-0.2, -0.15) is 0 Å². The highest BCUT2D eigenvalue weighted by Crippen LogP contribution is 2.24. The Morgan fingerprint density at radius 1 is 1.41 bits per heavy atom. The van der Waals surface area contributed by atoms with Gasteiger partial charge in [0.2, 0.25) is 0 Å². The Labute approximate surface area is 139 Å². The summed E-state index contributed by atoms with van der Waals surface area (Å²) < 4.78 is 6.09. The van der Waals surface area contributed by atoms with Crippen molar-refractivity contribution in [2.24, 2.45) is 10.7 Å². The van der Waals surface area contributed by atoms with Gasteiger partial charge >= 0.3 is 6.09 Å². The summed E-state index contributed by atoms with van der Waals surface area (Å²) in [5.41, 5.74) is 6.60. The Morgan fingerprint density at radius 3 is 2.59 bits per heavy atom. The topological polar surface area (TPSA) is 76.7 Å². The molecule has 1 rings (SSSR count). The molecule has 120 valence electrons. The van der Waals surface area contributed by atoms with E-state index in [9.17, 15) is 4.79 Å². The smallest absolute Gasteiger partial charge is 0.408 e. The van der Waals surface area contributed by atoms with Gasteiger partial charge in [-0.05, 0) is 33.8 Å². The first-order chi connectivity index (χ1) is 10.2. The number of nitrogens with one attached hydrogen (secondary N) is 1. The number of ether oxygens (including phenoxy) is 1. The Morgan fingerprint density at radius 2 is 2.05 bits per heavy atom. The number of benzene rings is 1. The highest BCUT2D eigenvalue weighted by Gasteiger charge is 2.17. The quantitative estimate of drug-likeness (QED) is 0.796. The van der Waals surface area contributed by atoms with Crippen LogP contribution in [0.1, 0.15) is 33.3 Å². The SMILES string of the molecule is C[C@@H](/C=N/C(=C\N)c1ccccc1Br)NC(=O)OC(C)(C)C. The molecule has 1 amide bonds. The molecule has 0 radical (unpaired) electrons. The Hall–Kier alpha value is -1.82. The van der Waals surface area contributed by atoms with Crippen molar-refractivity contribution in [3.05, 3.63) is 40.5 Å². The molecule has 0 heterocycles. The van der Waals surface area contributed by atoms with Gasteiger partial charge in [-0.3, -0.25) is 4.99 Å². The number of amides is 1. The fourth-order valence-corrected chi connectivity index (χ4v) is 2.08. The molecule has 0 fully saturated rings. The fraction of sp³-hybridized carbons (Fsp3) is 0.375. The zero-order valence-electron chi connectivity index (χ0n) is 13.3. The van der Waals surface area contributed by atoms with Crippen LogP contribution in [-0.4, -0.2) is 24.0 Å². The molecule has 22 heavy (non-hydrogen) atoms. The number of carbonyl (C=O) groups is 1. The highest BCUT2D eigenvalue weighted by atomic mass is 79.9. The van der Waals surface area contributed by atoms with Crippen LogP contribution in [0.2, 0.25) is 0 Å². The molecule has 0 aliphatic heterocycles. The van der Waals surface area contributed by atoms with Crippen molar-refractivity contribution in [1.82, 2.24) is 5.32 Å². The van der Waals surface area contributed by atoms with E-state index in [4.69, 9.17) is 10.5 Å². The molecular weight excluding hydrogens is 346 g/mol. The molecule has 6 heteroatoms. The van der Waals surface area contributed by atoms with Crippen LogP contribution in [0.5, 0.6) is 0 Å². The van der Waals surface area contributed by atoms with Gasteiger partial charge in [-0.1, -0.05) is 34.1 Å². The number of hydrogen-bond donors (Lipinski definition) is 2. The van der Waals surface area contributed by atoms with Crippen molar-refractivity contribution in [2.45, 2.75) is 39.3 Å². The summed E-state index contributed by atoms with van der Waals surface area (Å²) >= 11 is 3.46. The predicted molar refractivity (Wildman–Crippen MR) is 93.6 cm³/mol. The van der Waals surface area contributed by atoms with Crippen LogP contribution >= 0.6 is 15.9 Å². The first-order valence-corrected chi connectivity index (χ1v) is 7.72. The maximum atomic E-state index is 11.7. The second-order valence-corrected chi connectivity index (χ2v) is 6.60. The lowest BCUT2D eigenvalue weighted by atomic mass is 10.2. The van der Waals surface area contributed by atoms with Gasteiger partial charge in [0.1, 0.15) is 5.60 Å². The van der Waals surface area contributed by atoms with E-state index in [1.54, 1.807) is 6.21 Å². The highest BCUT2D eigenvalue weighted by molar-refractivity contribution is 9.10. The summed E-state index contributed by atoms with van der Waals surface area (Å²) in [6.45, 7) is 7.25. The lowest BCUT2D eigenvalue weighted by Crippen LogP contribution is -2.38. The van der Waals surface area contributed by atoms with E-state index in [1.807, 2.05) is 52.0 Å². The van der Waals surface area contributed by atoms with Crippen LogP contribution in [0.25, 0.3) is 5.70 Å². The van der Waals surface area contributed by atoms with Crippen LogP contribution in [0.15, 0.2) is 39.9 Å². The van der Waals surface area contributed by atoms with E-state index >= 15 is 0 Å². The minimum absolute atomic E-state index is 0.285. The molecule has 0 unspecified atom stereocenters. The Kier molecular flexibility index (Phi) is 6.61. The van der Waals surface area contributed by atoms with Gasteiger partial charge < -0.3 is 15.8 Å². The molecule has 1 aromatic carbocycles. The molecular formula is C16H22BrN3O2. The Balaban J connectivity index is 2.70. The van der Waals surface area contributed by atoms with Crippen molar-refractivity contribution in [1.29, 1.82) is 0 Å². The van der Waals surface area contributed by atoms with Crippen molar-refractivity contribution in [3.8, 4) is 0 Å². The van der Waals surface area contributed by atoms with Crippen molar-refractivity contribution in [3.63, 3.8) is 0 Å². The summed E-state index contributed by atoms with van der Waals surface area (Å²) in [5.74, 6) is 0. The minimum atomic E-state index is -0.530. The second kappa shape index (κ2) is 7.98. The Bertz CT molecular complexity index is 577. The monoisotopic (exact) mass is 367 g/mol. The molecule has 0 aromatic heterocycles. The third-order valence-electron chi connectivity index (χ3n) is 2.49. The number of aliphatic imine (C=N–C) groups is 1. The van der Waals surface area contributed by atoms with Gasteiger partial charge in [0.25, 0.3) is 0 Å². The second-order valence-electron chi connectivity index (χ2n) is 5.74. The average Bonchev–Trinajstić information content (AvgIpc) is 2.38. The maximum absolute atomic E-state index is 11.7. The molecule has 0 aliphatic rings. The number of carbonyl (C=O) groups excluding carboxylic acids is 1. The predicted octanol–water partition coefficient (Wildman–Crippen LogP) is 3.69. The summed E-state index contributed by atoms with van der Waals surface area (Å²) in [6, 6.07) is 7.36. The molecule has 1 atom stereocenters. The van der Waals surface area contributed by atoms with E-state index in [-0.39, 0.29) is 6.04 Å². The van der Waals surface area contributed by atoms with Gasteiger partial charge in [0, 0.05) is 22.5 Å². The molecule has 0 spiro atoms. The number of alkyl carbamates (subject to hydrolysis) is 1. The molecule has 3 N–H and O–H groups in total. The van der Waals surface area contributed by atoms with Gasteiger partial charge in [-0.15, -0.1) is 0 Å². The summed E-state index contributed by atoms with van der Waals surface area (Å²) in [7, 11) is 0. The zero-order valence-corrected chi connectivity index (χ0v) is 14.8. The van der Waals surface area contributed by atoms with Crippen LogP contribution in [0.4, 0.5) is 4.79 Å². The van der Waals surface area contributed by atoms with E-state index in [1.165, 1.54) is 6.20 Å². The third-order valence-corrected chi connectivity index (χ3v) is 3.18. The zero-order chi connectivity index (χ0) is 16.8. The lowest BCUT2D eigenvalue weighted by molar-refractivity contribution is 0.0522.